The molecule has 1 aliphatic carbocycles. The summed E-state index contributed by atoms with van der Waals surface area (Å²) in [7, 11) is 0. The van der Waals surface area contributed by atoms with E-state index < -0.39 is 17.8 Å². The third kappa shape index (κ3) is 4.44. The highest BCUT2D eigenvalue weighted by molar-refractivity contribution is 5.83. The molecule has 0 bridgehead atoms. The SMILES string of the molecule is CCC(C)N(CC(=O)O)C(=O)C1CCC(F)(F)CC1. The highest BCUT2D eigenvalue weighted by atomic mass is 19.3. The maximum Gasteiger partial charge on any atom is 0.323 e. The first-order valence-corrected chi connectivity index (χ1v) is 6.67. The lowest BCUT2D eigenvalue weighted by molar-refractivity contribution is -0.150. The second-order valence-electron chi connectivity index (χ2n) is 5.25. The number of carbonyl (C=O) groups excluding carboxylic acids is 1. The molecule has 4 nitrogen and oxygen atoms in total. The molecule has 1 unspecified atom stereocenters. The highest BCUT2D eigenvalue weighted by Crippen LogP contribution is 2.37. The molecule has 0 radical (unpaired) electrons. The molecule has 0 spiro atoms. The summed E-state index contributed by atoms with van der Waals surface area (Å²) in [4.78, 5) is 24.4. The quantitative estimate of drug-likeness (QED) is 0.840. The van der Waals surface area contributed by atoms with Gasteiger partial charge in [0.05, 0.1) is 0 Å². The summed E-state index contributed by atoms with van der Waals surface area (Å²) in [6.45, 7) is 3.28. The van der Waals surface area contributed by atoms with Crippen molar-refractivity contribution < 1.29 is 23.5 Å². The Bertz CT molecular complexity index is 337. The summed E-state index contributed by atoms with van der Waals surface area (Å²) in [6.07, 6.45) is 0.342. The molecule has 0 aliphatic heterocycles. The number of carbonyl (C=O) groups is 2. The fourth-order valence-corrected chi connectivity index (χ4v) is 2.34. The Labute approximate surface area is 111 Å². The van der Waals surface area contributed by atoms with E-state index in [0.29, 0.717) is 6.42 Å². The molecule has 0 saturated heterocycles. The Balaban J connectivity index is 2.69. The largest absolute Gasteiger partial charge is 0.480 e. The number of nitrogens with zero attached hydrogens (tertiary/aromatic N) is 1. The lowest BCUT2D eigenvalue weighted by Gasteiger charge is -2.34. The number of alkyl halides is 2. The average Bonchev–Trinajstić information content (AvgIpc) is 2.34. The van der Waals surface area contributed by atoms with Crippen LogP contribution >= 0.6 is 0 Å². The topological polar surface area (TPSA) is 57.6 Å². The molecule has 6 heteroatoms. The minimum atomic E-state index is -2.68. The van der Waals surface area contributed by atoms with Crippen LogP contribution in [-0.4, -0.2) is 40.4 Å². The van der Waals surface area contributed by atoms with Gasteiger partial charge in [-0.3, -0.25) is 9.59 Å². The summed E-state index contributed by atoms with van der Waals surface area (Å²) in [5.74, 6) is -4.51. The highest BCUT2D eigenvalue weighted by Gasteiger charge is 2.39. The van der Waals surface area contributed by atoms with Gasteiger partial charge in [0, 0.05) is 24.8 Å². The van der Waals surface area contributed by atoms with Crippen molar-refractivity contribution >= 4 is 11.9 Å². The van der Waals surface area contributed by atoms with Crippen LogP contribution in [0.5, 0.6) is 0 Å². The average molecular weight is 277 g/mol. The molecule has 19 heavy (non-hydrogen) atoms. The Hall–Kier alpha value is -1.20. The number of halogens is 2. The number of amides is 1. The predicted octanol–water partition coefficient (Wildman–Crippen LogP) is 2.52. The molecule has 1 saturated carbocycles. The van der Waals surface area contributed by atoms with Gasteiger partial charge < -0.3 is 10.0 Å². The van der Waals surface area contributed by atoms with Crippen molar-refractivity contribution in [3.8, 4) is 0 Å². The summed E-state index contributed by atoms with van der Waals surface area (Å²) in [6, 6.07) is -0.189. The van der Waals surface area contributed by atoms with Crippen molar-refractivity contribution in [1.29, 1.82) is 0 Å². The van der Waals surface area contributed by atoms with Gasteiger partial charge >= 0.3 is 5.97 Å². The van der Waals surface area contributed by atoms with E-state index in [9.17, 15) is 18.4 Å². The van der Waals surface area contributed by atoms with Crippen molar-refractivity contribution in [3.05, 3.63) is 0 Å². The first-order valence-electron chi connectivity index (χ1n) is 6.67. The Morgan fingerprint density at radius 1 is 1.37 bits per heavy atom. The number of aliphatic carboxylic acids is 1. The standard InChI is InChI=1S/C13H21F2NO3/c1-3-9(2)16(8-11(17)18)12(19)10-4-6-13(14,15)7-5-10/h9-10H,3-8H2,1-2H3,(H,17,18). The second kappa shape index (κ2) is 6.30. The monoisotopic (exact) mass is 277 g/mol. The molecule has 1 N–H and O–H groups in total. The van der Waals surface area contributed by atoms with Crippen LogP contribution in [0.1, 0.15) is 46.0 Å². The van der Waals surface area contributed by atoms with E-state index in [1.165, 1.54) is 4.90 Å². The summed E-state index contributed by atoms with van der Waals surface area (Å²) in [5.41, 5.74) is 0. The van der Waals surface area contributed by atoms with Gasteiger partial charge in [-0.2, -0.15) is 0 Å². The third-order valence-corrected chi connectivity index (χ3v) is 3.78. The maximum absolute atomic E-state index is 13.1. The van der Waals surface area contributed by atoms with E-state index in [1.54, 1.807) is 6.92 Å². The van der Waals surface area contributed by atoms with Crippen LogP contribution < -0.4 is 0 Å². The summed E-state index contributed by atoms with van der Waals surface area (Å²) < 4.78 is 26.1. The fourth-order valence-electron chi connectivity index (χ4n) is 2.34. The van der Waals surface area contributed by atoms with E-state index in [4.69, 9.17) is 5.11 Å². The van der Waals surface area contributed by atoms with E-state index >= 15 is 0 Å². The zero-order valence-electron chi connectivity index (χ0n) is 11.4. The van der Waals surface area contributed by atoms with Crippen LogP contribution in [0.15, 0.2) is 0 Å². The third-order valence-electron chi connectivity index (χ3n) is 3.78. The molecule has 1 fully saturated rings. The molecule has 1 amide bonds. The maximum atomic E-state index is 13.1. The fraction of sp³-hybridized carbons (Fsp3) is 0.846. The minimum Gasteiger partial charge on any atom is -0.480 e. The molecule has 0 aromatic carbocycles. The predicted molar refractivity (Wildman–Crippen MR) is 66.0 cm³/mol. The van der Waals surface area contributed by atoms with E-state index in [-0.39, 0.29) is 44.2 Å². The normalized spacial score (nSPS) is 20.8. The van der Waals surface area contributed by atoms with Crippen molar-refractivity contribution in [3.63, 3.8) is 0 Å². The molecule has 110 valence electrons. The summed E-state index contributed by atoms with van der Waals surface area (Å²) >= 11 is 0. The lowest BCUT2D eigenvalue weighted by atomic mass is 9.85. The van der Waals surface area contributed by atoms with Gasteiger partial charge in [0.2, 0.25) is 11.8 Å². The smallest absolute Gasteiger partial charge is 0.323 e. The molecule has 0 aromatic rings. The van der Waals surface area contributed by atoms with Crippen LogP contribution in [0.2, 0.25) is 0 Å². The van der Waals surface area contributed by atoms with Crippen molar-refractivity contribution in [2.75, 3.05) is 6.54 Å². The van der Waals surface area contributed by atoms with Crippen LogP contribution in [0.25, 0.3) is 0 Å². The molecular formula is C13H21F2NO3. The Kier molecular flexibility index (Phi) is 5.26. The Morgan fingerprint density at radius 3 is 2.32 bits per heavy atom. The molecule has 1 aliphatic rings. The number of carboxylic acids is 1. The van der Waals surface area contributed by atoms with Gasteiger partial charge in [0.25, 0.3) is 0 Å². The van der Waals surface area contributed by atoms with Crippen molar-refractivity contribution in [2.24, 2.45) is 5.92 Å². The van der Waals surface area contributed by atoms with E-state index in [2.05, 4.69) is 0 Å². The summed E-state index contributed by atoms with van der Waals surface area (Å²) in [5, 5.41) is 8.84. The number of hydrogen-bond acceptors (Lipinski definition) is 2. The van der Waals surface area contributed by atoms with Gasteiger partial charge in [-0.25, -0.2) is 8.78 Å². The van der Waals surface area contributed by atoms with Crippen LogP contribution in [0.4, 0.5) is 8.78 Å². The van der Waals surface area contributed by atoms with E-state index in [0.717, 1.165) is 0 Å². The number of rotatable bonds is 5. The van der Waals surface area contributed by atoms with E-state index in [1.807, 2.05) is 6.92 Å². The first kappa shape index (κ1) is 15.9. The van der Waals surface area contributed by atoms with Crippen molar-refractivity contribution in [2.45, 2.75) is 57.9 Å². The number of hydrogen-bond donors (Lipinski definition) is 1. The molecule has 0 aromatic heterocycles. The zero-order chi connectivity index (χ0) is 14.6. The molecule has 0 heterocycles. The molecule has 1 rings (SSSR count). The van der Waals surface area contributed by atoms with Gasteiger partial charge in [0.1, 0.15) is 6.54 Å². The lowest BCUT2D eigenvalue weighted by Crippen LogP contribution is -2.46. The van der Waals surface area contributed by atoms with Gasteiger partial charge in [0.15, 0.2) is 0 Å². The van der Waals surface area contributed by atoms with Crippen LogP contribution in [-0.2, 0) is 9.59 Å². The van der Waals surface area contributed by atoms with Gasteiger partial charge in [-0.1, -0.05) is 6.92 Å². The second-order valence-corrected chi connectivity index (χ2v) is 5.25. The van der Waals surface area contributed by atoms with Gasteiger partial charge in [-0.05, 0) is 26.2 Å². The van der Waals surface area contributed by atoms with Crippen LogP contribution in [0, 0.1) is 5.92 Å². The minimum absolute atomic E-state index is 0.137. The zero-order valence-corrected chi connectivity index (χ0v) is 11.4. The first-order chi connectivity index (χ1) is 8.76. The van der Waals surface area contributed by atoms with Crippen molar-refractivity contribution in [1.82, 2.24) is 4.90 Å². The van der Waals surface area contributed by atoms with Crippen LogP contribution in [0.3, 0.4) is 0 Å². The molecule has 1 atom stereocenters. The Morgan fingerprint density at radius 2 is 1.89 bits per heavy atom. The number of carboxylic acid groups (broad SMARTS) is 1. The molecular weight excluding hydrogens is 256 g/mol. The van der Waals surface area contributed by atoms with Gasteiger partial charge in [-0.15, -0.1) is 0 Å².